The molecule has 1 aromatic carbocycles. The number of hydrogen-bond donors (Lipinski definition) is 1. The molecule has 0 bridgehead atoms. The average Bonchev–Trinajstić information content (AvgIpc) is 2.63. The van der Waals surface area contributed by atoms with E-state index in [9.17, 15) is 4.79 Å². The van der Waals surface area contributed by atoms with Crippen LogP contribution >= 0.6 is 24.0 Å². The molecule has 0 fully saturated rings. The van der Waals surface area contributed by atoms with Crippen molar-refractivity contribution in [3.8, 4) is 0 Å². The first kappa shape index (κ1) is 19.7. The van der Waals surface area contributed by atoms with Crippen molar-refractivity contribution in [2.24, 2.45) is 4.99 Å². The van der Waals surface area contributed by atoms with Gasteiger partial charge < -0.3 is 10.1 Å². The minimum Gasteiger partial charge on any atom is -0.462 e. The first-order valence-corrected chi connectivity index (χ1v) is 8.07. The Morgan fingerprint density at radius 3 is 2.92 bits per heavy atom. The topological polar surface area (TPSA) is 79.7 Å². The summed E-state index contributed by atoms with van der Waals surface area (Å²) in [6.45, 7) is 2.71. The number of esters is 1. The molecule has 0 atom stereocenters. The van der Waals surface area contributed by atoms with Crippen molar-refractivity contribution in [1.82, 2.24) is 9.97 Å². The Labute approximate surface area is 162 Å². The third kappa shape index (κ3) is 4.71. The summed E-state index contributed by atoms with van der Waals surface area (Å²) < 4.78 is 4.96. The molecule has 1 aromatic heterocycles. The van der Waals surface area contributed by atoms with Crippen LogP contribution in [0.15, 0.2) is 47.7 Å². The molecule has 1 N–H and O–H groups in total. The fourth-order valence-corrected chi connectivity index (χ4v) is 2.45. The van der Waals surface area contributed by atoms with Crippen molar-refractivity contribution in [2.75, 3.05) is 23.4 Å². The first-order chi connectivity index (χ1) is 12.2. The Morgan fingerprint density at radius 1 is 1.38 bits per heavy atom. The molecule has 3 rings (SSSR count). The number of nitrogens with zero attached hydrogens (tertiary/aromatic N) is 4. The van der Waals surface area contributed by atoms with Crippen molar-refractivity contribution in [3.63, 3.8) is 0 Å². The minimum absolute atomic E-state index is 0. The molecule has 0 amide bonds. The van der Waals surface area contributed by atoms with Crippen LogP contribution in [0.3, 0.4) is 0 Å². The van der Waals surface area contributed by atoms with Crippen LogP contribution < -0.4 is 10.2 Å². The Bertz CT molecular complexity index is 842. The number of rotatable bonds is 5. The molecule has 9 heteroatoms. The van der Waals surface area contributed by atoms with Crippen molar-refractivity contribution >= 4 is 53.8 Å². The van der Waals surface area contributed by atoms with Gasteiger partial charge in [0.2, 0.25) is 5.95 Å². The largest absolute Gasteiger partial charge is 0.462 e. The van der Waals surface area contributed by atoms with Crippen molar-refractivity contribution < 1.29 is 9.53 Å². The molecule has 2 heterocycles. The summed E-state index contributed by atoms with van der Waals surface area (Å²) in [4.78, 5) is 26.4. The van der Waals surface area contributed by atoms with E-state index < -0.39 is 5.97 Å². The number of benzene rings is 1. The van der Waals surface area contributed by atoms with E-state index in [-0.39, 0.29) is 12.4 Å². The van der Waals surface area contributed by atoms with E-state index in [1.165, 1.54) is 0 Å². The number of carbonyl (C=O) groups is 1. The molecule has 7 nitrogen and oxygen atoms in total. The predicted octanol–water partition coefficient (Wildman–Crippen LogP) is 3.83. The van der Waals surface area contributed by atoms with Crippen LogP contribution in [0.5, 0.6) is 0 Å². The van der Waals surface area contributed by atoms with Crippen molar-refractivity contribution in [3.05, 3.63) is 53.3 Å². The van der Waals surface area contributed by atoms with Crippen LogP contribution in [0.2, 0.25) is 5.02 Å². The fraction of sp³-hybridized carbons (Fsp3) is 0.176. The predicted molar refractivity (Wildman–Crippen MR) is 105 cm³/mol. The highest BCUT2D eigenvalue weighted by Crippen LogP contribution is 2.24. The maximum atomic E-state index is 11.8. The van der Waals surface area contributed by atoms with Crippen LogP contribution in [-0.4, -0.2) is 35.4 Å². The van der Waals surface area contributed by atoms with Crippen molar-refractivity contribution in [1.29, 1.82) is 0 Å². The van der Waals surface area contributed by atoms with Crippen LogP contribution in [0.25, 0.3) is 0 Å². The molecular formula is C17H17Cl2N5O2. The van der Waals surface area contributed by atoms with Crippen LogP contribution in [0, 0.1) is 0 Å². The second kappa shape index (κ2) is 9.17. The highest BCUT2D eigenvalue weighted by molar-refractivity contribution is 6.33. The summed E-state index contributed by atoms with van der Waals surface area (Å²) in [5, 5.41) is 3.46. The lowest BCUT2D eigenvalue weighted by Gasteiger charge is -2.17. The summed E-state index contributed by atoms with van der Waals surface area (Å²) >= 11 is 6.17. The molecule has 0 aliphatic carbocycles. The Morgan fingerprint density at radius 2 is 2.23 bits per heavy atom. The number of carbonyl (C=O) groups excluding carboxylic acids is 1. The molecule has 2 aromatic rings. The lowest BCUT2D eigenvalue weighted by Crippen LogP contribution is -2.25. The molecule has 1 aliphatic rings. The molecule has 0 radical (unpaired) electrons. The zero-order chi connectivity index (χ0) is 17.6. The normalized spacial score (nSPS) is 12.5. The number of hydrogen-bond acceptors (Lipinski definition) is 7. The molecule has 1 aliphatic heterocycles. The third-order valence-electron chi connectivity index (χ3n) is 3.34. The highest BCUT2D eigenvalue weighted by Gasteiger charge is 2.13. The number of halogens is 2. The van der Waals surface area contributed by atoms with E-state index >= 15 is 0 Å². The number of aliphatic imine (C=N–C) groups is 1. The summed E-state index contributed by atoms with van der Waals surface area (Å²) in [6, 6.07) is 6.76. The lowest BCUT2D eigenvalue weighted by atomic mass is 10.2. The monoisotopic (exact) mass is 393 g/mol. The quantitative estimate of drug-likeness (QED) is 0.777. The third-order valence-corrected chi connectivity index (χ3v) is 3.65. The van der Waals surface area contributed by atoms with Gasteiger partial charge in [0, 0.05) is 24.6 Å². The van der Waals surface area contributed by atoms with E-state index in [1.54, 1.807) is 49.9 Å². The van der Waals surface area contributed by atoms with Crippen LogP contribution in [0.1, 0.15) is 17.3 Å². The van der Waals surface area contributed by atoms with Gasteiger partial charge in [-0.1, -0.05) is 11.6 Å². The van der Waals surface area contributed by atoms with Gasteiger partial charge in [-0.15, -0.1) is 12.4 Å². The number of anilines is 3. The van der Waals surface area contributed by atoms with Crippen LogP contribution in [0.4, 0.5) is 17.5 Å². The smallest absolute Gasteiger partial charge is 0.339 e. The van der Waals surface area contributed by atoms with E-state index in [1.807, 2.05) is 11.0 Å². The zero-order valence-corrected chi connectivity index (χ0v) is 15.5. The second-order valence-corrected chi connectivity index (χ2v) is 5.49. The molecular weight excluding hydrogens is 377 g/mol. The molecule has 0 saturated heterocycles. The van der Waals surface area contributed by atoms with Gasteiger partial charge in [0.15, 0.2) is 0 Å². The Hall–Kier alpha value is -2.64. The van der Waals surface area contributed by atoms with Gasteiger partial charge in [0.05, 0.1) is 23.5 Å². The summed E-state index contributed by atoms with van der Waals surface area (Å²) in [5.41, 5.74) is 1.03. The van der Waals surface area contributed by atoms with E-state index in [4.69, 9.17) is 16.3 Å². The zero-order valence-electron chi connectivity index (χ0n) is 13.9. The van der Waals surface area contributed by atoms with E-state index in [0.29, 0.717) is 41.2 Å². The molecule has 136 valence electrons. The summed E-state index contributed by atoms with van der Waals surface area (Å²) in [6.07, 6.45) is 6.97. The van der Waals surface area contributed by atoms with Gasteiger partial charge in [0.1, 0.15) is 5.82 Å². The summed E-state index contributed by atoms with van der Waals surface area (Å²) in [7, 11) is 0. The van der Waals surface area contributed by atoms with Gasteiger partial charge in [-0.05, 0) is 37.3 Å². The minimum atomic E-state index is -0.444. The molecule has 0 unspecified atom stereocenters. The molecule has 0 spiro atoms. The van der Waals surface area contributed by atoms with Gasteiger partial charge in [-0.2, -0.15) is 4.98 Å². The van der Waals surface area contributed by atoms with Gasteiger partial charge in [0.25, 0.3) is 0 Å². The van der Waals surface area contributed by atoms with Gasteiger partial charge >= 0.3 is 5.97 Å². The molecule has 26 heavy (non-hydrogen) atoms. The Kier molecular flexibility index (Phi) is 6.94. The highest BCUT2D eigenvalue weighted by atomic mass is 35.5. The van der Waals surface area contributed by atoms with Gasteiger partial charge in [-0.3, -0.25) is 4.90 Å². The van der Waals surface area contributed by atoms with E-state index in [0.717, 1.165) is 0 Å². The van der Waals surface area contributed by atoms with E-state index in [2.05, 4.69) is 20.3 Å². The standard InChI is InChI=1S/C17H16ClN5O2.ClH/c1-2-25-16(24)13-5-4-12(10-14(13)18)21-15-6-8-20-17(22-15)23-9-3-7-19-11-23;/h3-8,10-11H,2,9H2,1H3,(H,20,21,22);1H. The maximum Gasteiger partial charge on any atom is 0.339 e. The SMILES string of the molecule is CCOC(=O)c1ccc(Nc2ccnc(N3C=NC=CC3)n2)cc1Cl.Cl. The number of nitrogens with one attached hydrogen (secondary N) is 1. The maximum absolute atomic E-state index is 11.8. The average molecular weight is 394 g/mol. The fourth-order valence-electron chi connectivity index (χ4n) is 2.19. The Balaban J connectivity index is 0.00000243. The van der Waals surface area contributed by atoms with Gasteiger partial charge in [-0.25, -0.2) is 14.8 Å². The number of aromatic nitrogens is 2. The second-order valence-electron chi connectivity index (χ2n) is 5.08. The van der Waals surface area contributed by atoms with Crippen LogP contribution in [-0.2, 0) is 4.74 Å². The number of ether oxygens (including phenoxy) is 1. The first-order valence-electron chi connectivity index (χ1n) is 7.69. The molecule has 0 saturated carbocycles. The lowest BCUT2D eigenvalue weighted by molar-refractivity contribution is 0.0526. The van der Waals surface area contributed by atoms with Crippen molar-refractivity contribution in [2.45, 2.75) is 6.92 Å². The summed E-state index contributed by atoms with van der Waals surface area (Å²) in [5.74, 6) is 0.695.